The molecule has 0 radical (unpaired) electrons. The predicted octanol–water partition coefficient (Wildman–Crippen LogP) is 4.47. The molecule has 0 saturated carbocycles. The number of halogens is 1. The minimum absolute atomic E-state index is 0.0943. The van der Waals surface area contributed by atoms with Crippen LogP contribution in [-0.4, -0.2) is 67.3 Å². The summed E-state index contributed by atoms with van der Waals surface area (Å²) >= 11 is 8.71. The standard InChI is InChI=1S/C23H27ClN4O3S3/c1-2-16-6-5-8-18-21(16)25-23(32-18)27-14-12-26(13-15-27)22(29)17-7-3-4-11-28(17)34(30,31)20-10-9-19(24)33-20/h5-6,8-10,17H,2-4,7,11-15H2,1H3. The zero-order chi connectivity index (χ0) is 23.9. The molecule has 182 valence electrons. The van der Waals surface area contributed by atoms with Gasteiger partial charge in [-0.1, -0.05) is 48.4 Å². The number of sulfonamides is 1. The third kappa shape index (κ3) is 4.46. The summed E-state index contributed by atoms with van der Waals surface area (Å²) in [7, 11) is -3.75. The molecule has 2 aromatic heterocycles. The molecule has 2 aliphatic heterocycles. The molecule has 0 aliphatic carbocycles. The van der Waals surface area contributed by atoms with Crippen molar-refractivity contribution in [3.63, 3.8) is 0 Å². The van der Waals surface area contributed by atoms with E-state index in [4.69, 9.17) is 16.6 Å². The van der Waals surface area contributed by atoms with Gasteiger partial charge in [0, 0.05) is 32.7 Å². The van der Waals surface area contributed by atoms with Gasteiger partial charge in [-0.15, -0.1) is 11.3 Å². The molecule has 2 fully saturated rings. The summed E-state index contributed by atoms with van der Waals surface area (Å²) in [4.78, 5) is 22.4. The van der Waals surface area contributed by atoms with E-state index in [0.29, 0.717) is 43.5 Å². The molecule has 1 amide bonds. The summed E-state index contributed by atoms with van der Waals surface area (Å²) < 4.78 is 29.7. The van der Waals surface area contributed by atoms with Crippen LogP contribution in [0.1, 0.15) is 31.7 Å². The summed E-state index contributed by atoms with van der Waals surface area (Å²) in [5, 5.41) is 0.986. The van der Waals surface area contributed by atoms with E-state index < -0.39 is 16.1 Å². The number of benzene rings is 1. The fourth-order valence-electron chi connectivity index (χ4n) is 4.73. The molecule has 5 rings (SSSR count). The predicted molar refractivity (Wildman–Crippen MR) is 139 cm³/mol. The quantitative estimate of drug-likeness (QED) is 0.479. The van der Waals surface area contributed by atoms with Crippen LogP contribution in [0.2, 0.25) is 4.34 Å². The van der Waals surface area contributed by atoms with Crippen LogP contribution in [0.3, 0.4) is 0 Å². The minimum Gasteiger partial charge on any atom is -0.345 e. The highest BCUT2D eigenvalue weighted by atomic mass is 35.5. The number of piperidine rings is 1. The number of thiazole rings is 1. The SMILES string of the molecule is CCc1cccc2sc(N3CCN(C(=O)C4CCCCN4S(=O)(=O)c4ccc(Cl)s4)CC3)nc12. The Morgan fingerprint density at radius 1 is 1.09 bits per heavy atom. The fourth-order valence-corrected chi connectivity index (χ4v) is 9.06. The number of rotatable bonds is 5. The zero-order valence-electron chi connectivity index (χ0n) is 18.9. The average molecular weight is 539 g/mol. The van der Waals surface area contributed by atoms with Crippen LogP contribution in [0.5, 0.6) is 0 Å². The molecule has 0 bridgehead atoms. The van der Waals surface area contributed by atoms with Crippen LogP contribution in [-0.2, 0) is 21.2 Å². The smallest absolute Gasteiger partial charge is 0.253 e. The van der Waals surface area contributed by atoms with E-state index in [1.54, 1.807) is 17.4 Å². The van der Waals surface area contributed by atoms with E-state index in [1.165, 1.54) is 20.6 Å². The first-order valence-corrected chi connectivity index (χ1v) is 15.0. The normalized spacial score (nSPS) is 20.2. The second-order valence-electron chi connectivity index (χ2n) is 8.61. The third-order valence-corrected chi connectivity index (χ3v) is 11.3. The second kappa shape index (κ2) is 9.73. The highest BCUT2D eigenvalue weighted by Crippen LogP contribution is 2.34. The number of aromatic nitrogens is 1. The summed E-state index contributed by atoms with van der Waals surface area (Å²) in [6.07, 6.45) is 3.10. The number of nitrogens with zero attached hydrogens (tertiary/aromatic N) is 4. The van der Waals surface area contributed by atoms with E-state index in [0.717, 1.165) is 41.2 Å². The van der Waals surface area contributed by atoms with Crippen LogP contribution in [0.4, 0.5) is 5.13 Å². The lowest BCUT2D eigenvalue weighted by molar-refractivity contribution is -0.136. The first kappa shape index (κ1) is 24.0. The van der Waals surface area contributed by atoms with Crippen molar-refractivity contribution in [1.29, 1.82) is 0 Å². The molecule has 1 aromatic carbocycles. The maximum Gasteiger partial charge on any atom is 0.253 e. The van der Waals surface area contributed by atoms with Crippen molar-refractivity contribution in [2.75, 3.05) is 37.6 Å². The summed E-state index contributed by atoms with van der Waals surface area (Å²) in [6.45, 7) is 4.99. The lowest BCUT2D eigenvalue weighted by atomic mass is 10.0. The van der Waals surface area contributed by atoms with E-state index in [1.807, 2.05) is 4.90 Å². The van der Waals surface area contributed by atoms with Gasteiger partial charge in [0.2, 0.25) is 5.91 Å². The fraction of sp³-hybridized carbons (Fsp3) is 0.478. The Labute approximate surface area is 213 Å². The van der Waals surface area contributed by atoms with Gasteiger partial charge in [-0.2, -0.15) is 4.31 Å². The monoisotopic (exact) mass is 538 g/mol. The Bertz CT molecular complexity index is 1300. The van der Waals surface area contributed by atoms with Crippen molar-refractivity contribution >= 4 is 65.6 Å². The summed E-state index contributed by atoms with van der Waals surface area (Å²) in [5.41, 5.74) is 2.32. The number of para-hydroxylation sites is 1. The van der Waals surface area contributed by atoms with Crippen molar-refractivity contribution in [2.24, 2.45) is 0 Å². The third-order valence-electron chi connectivity index (χ3n) is 6.58. The van der Waals surface area contributed by atoms with Crippen molar-refractivity contribution in [2.45, 2.75) is 42.9 Å². The Balaban J connectivity index is 1.29. The van der Waals surface area contributed by atoms with Gasteiger partial charge >= 0.3 is 0 Å². The Morgan fingerprint density at radius 3 is 2.59 bits per heavy atom. The van der Waals surface area contributed by atoms with Crippen molar-refractivity contribution in [3.05, 3.63) is 40.2 Å². The molecule has 11 heteroatoms. The highest BCUT2D eigenvalue weighted by Gasteiger charge is 2.40. The number of carbonyl (C=O) groups excluding carboxylic acids is 1. The van der Waals surface area contributed by atoms with Gasteiger partial charge in [0.05, 0.1) is 14.6 Å². The molecule has 2 saturated heterocycles. The van der Waals surface area contributed by atoms with Crippen LogP contribution >= 0.6 is 34.3 Å². The minimum atomic E-state index is -3.75. The number of aryl methyl sites for hydroxylation is 1. The maximum atomic E-state index is 13.5. The maximum absolute atomic E-state index is 13.5. The molecule has 0 spiro atoms. The number of amides is 1. The Morgan fingerprint density at radius 2 is 1.88 bits per heavy atom. The molecular weight excluding hydrogens is 512 g/mol. The topological polar surface area (TPSA) is 73.8 Å². The number of hydrogen-bond donors (Lipinski definition) is 0. The highest BCUT2D eigenvalue weighted by molar-refractivity contribution is 7.91. The van der Waals surface area contributed by atoms with Crippen molar-refractivity contribution in [1.82, 2.24) is 14.2 Å². The Kier molecular flexibility index (Phi) is 6.87. The molecule has 1 atom stereocenters. The molecule has 1 unspecified atom stereocenters. The average Bonchev–Trinajstić information content (AvgIpc) is 3.50. The molecule has 34 heavy (non-hydrogen) atoms. The summed E-state index contributed by atoms with van der Waals surface area (Å²) in [6, 6.07) is 8.77. The molecule has 3 aromatic rings. The zero-order valence-corrected chi connectivity index (χ0v) is 22.1. The summed E-state index contributed by atoms with van der Waals surface area (Å²) in [5.74, 6) is -0.0943. The van der Waals surface area contributed by atoms with E-state index in [9.17, 15) is 13.2 Å². The van der Waals surface area contributed by atoms with Gasteiger partial charge in [-0.25, -0.2) is 13.4 Å². The van der Waals surface area contributed by atoms with Gasteiger partial charge in [0.25, 0.3) is 10.0 Å². The van der Waals surface area contributed by atoms with Gasteiger partial charge in [-0.05, 0) is 43.0 Å². The molecule has 4 heterocycles. The van der Waals surface area contributed by atoms with Crippen LogP contribution in [0.25, 0.3) is 10.2 Å². The number of hydrogen-bond acceptors (Lipinski definition) is 7. The number of fused-ring (bicyclic) bond motifs is 1. The van der Waals surface area contributed by atoms with Gasteiger partial charge < -0.3 is 9.80 Å². The van der Waals surface area contributed by atoms with Crippen LogP contribution in [0.15, 0.2) is 34.5 Å². The van der Waals surface area contributed by atoms with E-state index in [-0.39, 0.29) is 10.1 Å². The van der Waals surface area contributed by atoms with Crippen molar-refractivity contribution in [3.8, 4) is 0 Å². The van der Waals surface area contributed by atoms with Gasteiger partial charge in [0.15, 0.2) is 5.13 Å². The largest absolute Gasteiger partial charge is 0.345 e. The molecule has 0 N–H and O–H groups in total. The number of piperazine rings is 1. The first-order valence-electron chi connectivity index (χ1n) is 11.6. The van der Waals surface area contributed by atoms with Crippen LogP contribution in [0, 0.1) is 0 Å². The van der Waals surface area contributed by atoms with E-state index in [2.05, 4.69) is 30.0 Å². The van der Waals surface area contributed by atoms with E-state index >= 15 is 0 Å². The van der Waals surface area contributed by atoms with Crippen molar-refractivity contribution < 1.29 is 13.2 Å². The van der Waals surface area contributed by atoms with Crippen LogP contribution < -0.4 is 4.90 Å². The Hall–Kier alpha value is -1.72. The molecular formula is C23H27ClN4O3S3. The number of anilines is 1. The molecule has 2 aliphatic rings. The number of carbonyl (C=O) groups is 1. The lowest BCUT2D eigenvalue weighted by Crippen LogP contribution is -2.57. The first-order chi connectivity index (χ1) is 16.4. The molecule has 7 nitrogen and oxygen atoms in total. The lowest BCUT2D eigenvalue weighted by Gasteiger charge is -2.40. The second-order valence-corrected chi connectivity index (χ2v) is 13.5. The van der Waals surface area contributed by atoms with Gasteiger partial charge in [-0.3, -0.25) is 4.79 Å². The number of thiophene rings is 1. The van der Waals surface area contributed by atoms with Gasteiger partial charge in [0.1, 0.15) is 10.3 Å².